The third-order valence-corrected chi connectivity index (χ3v) is 5.83. The molecule has 3 heterocycles. The van der Waals surface area contributed by atoms with Crippen LogP contribution in [0.2, 0.25) is 0 Å². The van der Waals surface area contributed by atoms with Crippen LogP contribution in [0.3, 0.4) is 0 Å². The Morgan fingerprint density at radius 3 is 2.43 bits per heavy atom. The zero-order chi connectivity index (χ0) is 19.5. The van der Waals surface area contributed by atoms with Crippen LogP contribution in [0.5, 0.6) is 0 Å². The van der Waals surface area contributed by atoms with Gasteiger partial charge < -0.3 is 14.5 Å². The summed E-state index contributed by atoms with van der Waals surface area (Å²) in [5, 5.41) is 0. The Kier molecular flexibility index (Phi) is 5.69. The number of aryl methyl sites for hydroxylation is 2. The van der Waals surface area contributed by atoms with Crippen LogP contribution in [0.25, 0.3) is 0 Å². The molecule has 1 amide bonds. The van der Waals surface area contributed by atoms with Gasteiger partial charge in [0.05, 0.1) is 35.7 Å². The topological polar surface area (TPSA) is 58.6 Å². The van der Waals surface area contributed by atoms with E-state index in [1.807, 2.05) is 36.9 Å². The van der Waals surface area contributed by atoms with Gasteiger partial charge in [-0.05, 0) is 45.3 Å². The lowest BCUT2D eigenvalue weighted by molar-refractivity contribution is -0.0707. The number of carbonyl (C=O) groups is 1. The molecule has 2 aromatic rings. The van der Waals surface area contributed by atoms with Gasteiger partial charge in [-0.15, -0.1) is 0 Å². The Morgan fingerprint density at radius 1 is 1.07 bits per heavy atom. The van der Waals surface area contributed by atoms with Crippen LogP contribution in [-0.4, -0.2) is 64.6 Å². The molecule has 0 N–H and O–H groups in total. The summed E-state index contributed by atoms with van der Waals surface area (Å²) >= 11 is 0. The van der Waals surface area contributed by atoms with Gasteiger partial charge >= 0.3 is 0 Å². The minimum absolute atomic E-state index is 0.000764. The number of morpholine rings is 1. The van der Waals surface area contributed by atoms with Crippen LogP contribution >= 0.6 is 0 Å². The number of rotatable bonds is 4. The Morgan fingerprint density at radius 2 is 1.75 bits per heavy atom. The maximum Gasteiger partial charge on any atom is 0.258 e. The molecule has 6 heteroatoms. The summed E-state index contributed by atoms with van der Waals surface area (Å²) in [5.74, 6) is -0.000764. The third kappa shape index (κ3) is 3.80. The predicted octanol–water partition coefficient (Wildman–Crippen LogP) is 2.77. The molecule has 2 fully saturated rings. The van der Waals surface area contributed by atoms with Crippen LogP contribution in [0, 0.1) is 13.8 Å². The van der Waals surface area contributed by atoms with Crippen molar-refractivity contribution in [3.8, 4) is 0 Å². The second-order valence-corrected chi connectivity index (χ2v) is 7.69. The molecule has 2 aliphatic rings. The Bertz CT molecular complexity index is 800. The van der Waals surface area contributed by atoms with Crippen LogP contribution in [0.1, 0.15) is 46.2 Å². The summed E-state index contributed by atoms with van der Waals surface area (Å²) < 4.78 is 6.22. The molecule has 0 radical (unpaired) electrons. The van der Waals surface area contributed by atoms with Gasteiger partial charge in [0.15, 0.2) is 0 Å². The summed E-state index contributed by atoms with van der Waals surface area (Å²) in [5.41, 5.74) is 3.19. The Hall–Kier alpha value is -2.31. The van der Waals surface area contributed by atoms with Crippen LogP contribution < -0.4 is 0 Å². The van der Waals surface area contributed by atoms with E-state index in [1.54, 1.807) is 0 Å². The van der Waals surface area contributed by atoms with Crippen molar-refractivity contribution in [2.24, 2.45) is 0 Å². The molecule has 28 heavy (non-hydrogen) atoms. The molecule has 4 rings (SSSR count). The molecule has 2 saturated heterocycles. The lowest BCUT2D eigenvalue weighted by Gasteiger charge is -2.43. The molecule has 0 saturated carbocycles. The van der Waals surface area contributed by atoms with Crippen LogP contribution in [0.4, 0.5) is 0 Å². The van der Waals surface area contributed by atoms with Crippen molar-refractivity contribution in [1.82, 2.24) is 19.8 Å². The third-order valence-electron chi connectivity index (χ3n) is 5.83. The van der Waals surface area contributed by atoms with Gasteiger partial charge in [-0.3, -0.25) is 4.79 Å². The van der Waals surface area contributed by atoms with Gasteiger partial charge in [-0.25, -0.2) is 9.97 Å². The fraction of sp³-hybridized carbons (Fsp3) is 0.500. The number of hydrogen-bond acceptors (Lipinski definition) is 5. The molecule has 6 nitrogen and oxygen atoms in total. The molecular weight excluding hydrogens is 352 g/mol. The van der Waals surface area contributed by atoms with E-state index in [1.165, 1.54) is 19.2 Å². The highest BCUT2D eigenvalue weighted by molar-refractivity contribution is 5.96. The van der Waals surface area contributed by atoms with Crippen LogP contribution in [-0.2, 0) is 4.74 Å². The normalized spacial score (nSPS) is 23.1. The maximum atomic E-state index is 13.6. The quantitative estimate of drug-likeness (QED) is 0.816. The van der Waals surface area contributed by atoms with Gasteiger partial charge in [0.25, 0.3) is 5.91 Å². The van der Waals surface area contributed by atoms with E-state index in [-0.39, 0.29) is 18.1 Å². The van der Waals surface area contributed by atoms with Gasteiger partial charge in [-0.2, -0.15) is 0 Å². The standard InChI is InChI=1S/C22H28N4O2/c1-16-20(17(2)24-15-23-16)22(27)26-12-13-28-19(14-25-10-6-7-11-25)21(26)18-8-4-3-5-9-18/h3-5,8-9,15,19,21H,6-7,10-14H2,1-2H3/t19-,21-/m0/s1. The molecule has 148 valence electrons. The Balaban J connectivity index is 1.68. The molecule has 2 aliphatic heterocycles. The van der Waals surface area contributed by atoms with Gasteiger partial charge in [0.1, 0.15) is 6.33 Å². The van der Waals surface area contributed by atoms with E-state index in [9.17, 15) is 4.79 Å². The molecule has 1 aromatic carbocycles. The maximum absolute atomic E-state index is 13.6. The summed E-state index contributed by atoms with van der Waals surface area (Å²) in [6.07, 6.45) is 3.96. The monoisotopic (exact) mass is 380 g/mol. The molecule has 0 aliphatic carbocycles. The second-order valence-electron chi connectivity index (χ2n) is 7.69. The smallest absolute Gasteiger partial charge is 0.258 e. The van der Waals surface area contributed by atoms with Gasteiger partial charge in [-0.1, -0.05) is 30.3 Å². The van der Waals surface area contributed by atoms with E-state index < -0.39 is 0 Å². The van der Waals surface area contributed by atoms with Crippen molar-refractivity contribution in [3.63, 3.8) is 0 Å². The highest BCUT2D eigenvalue weighted by Gasteiger charge is 2.38. The predicted molar refractivity (Wildman–Crippen MR) is 107 cm³/mol. The lowest BCUT2D eigenvalue weighted by Crippen LogP contribution is -2.51. The van der Waals surface area contributed by atoms with E-state index in [4.69, 9.17) is 4.74 Å². The molecule has 1 aromatic heterocycles. The number of ether oxygens (including phenoxy) is 1. The molecule has 0 unspecified atom stereocenters. The van der Waals surface area contributed by atoms with Gasteiger partial charge in [0.2, 0.25) is 0 Å². The molecule has 2 atom stereocenters. The number of aromatic nitrogens is 2. The first-order valence-electron chi connectivity index (χ1n) is 10.1. The molecule has 0 spiro atoms. The highest BCUT2D eigenvalue weighted by Crippen LogP contribution is 2.32. The van der Waals surface area contributed by atoms with Crippen molar-refractivity contribution in [2.45, 2.75) is 38.8 Å². The van der Waals surface area contributed by atoms with Crippen molar-refractivity contribution in [3.05, 3.63) is 59.2 Å². The Labute approximate surface area is 166 Å². The summed E-state index contributed by atoms with van der Waals surface area (Å²) in [6.45, 7) is 7.96. The van der Waals surface area contributed by atoms with Gasteiger partial charge in [0, 0.05) is 13.1 Å². The van der Waals surface area contributed by atoms with E-state index >= 15 is 0 Å². The largest absolute Gasteiger partial charge is 0.373 e. The minimum Gasteiger partial charge on any atom is -0.373 e. The first kappa shape index (κ1) is 19.0. The van der Waals surface area contributed by atoms with E-state index in [0.717, 1.165) is 36.6 Å². The zero-order valence-corrected chi connectivity index (χ0v) is 16.7. The van der Waals surface area contributed by atoms with Crippen molar-refractivity contribution < 1.29 is 9.53 Å². The average Bonchev–Trinajstić information content (AvgIpc) is 3.21. The molecule has 0 bridgehead atoms. The highest BCUT2D eigenvalue weighted by atomic mass is 16.5. The number of hydrogen-bond donors (Lipinski definition) is 0. The fourth-order valence-electron chi connectivity index (χ4n) is 4.42. The van der Waals surface area contributed by atoms with Crippen molar-refractivity contribution in [2.75, 3.05) is 32.8 Å². The SMILES string of the molecule is Cc1ncnc(C)c1C(=O)N1CCO[C@@H](CN2CCCC2)[C@@H]1c1ccccc1. The first-order chi connectivity index (χ1) is 13.6. The number of benzene rings is 1. The summed E-state index contributed by atoms with van der Waals surface area (Å²) in [6, 6.07) is 10.1. The first-order valence-corrected chi connectivity index (χ1v) is 10.1. The summed E-state index contributed by atoms with van der Waals surface area (Å²) in [4.78, 5) is 26.5. The number of amides is 1. The van der Waals surface area contributed by atoms with E-state index in [0.29, 0.717) is 18.7 Å². The van der Waals surface area contributed by atoms with Crippen molar-refractivity contribution >= 4 is 5.91 Å². The summed E-state index contributed by atoms with van der Waals surface area (Å²) in [7, 11) is 0. The lowest BCUT2D eigenvalue weighted by atomic mass is 9.96. The molecular formula is C22H28N4O2. The van der Waals surface area contributed by atoms with E-state index in [2.05, 4.69) is 27.0 Å². The fourth-order valence-corrected chi connectivity index (χ4v) is 4.42. The number of nitrogens with zero attached hydrogens (tertiary/aromatic N) is 4. The second kappa shape index (κ2) is 8.37. The number of carbonyl (C=O) groups excluding carboxylic acids is 1. The zero-order valence-electron chi connectivity index (χ0n) is 16.7. The minimum atomic E-state index is -0.109. The van der Waals surface area contributed by atoms with Crippen LogP contribution in [0.15, 0.2) is 36.7 Å². The number of likely N-dealkylation sites (tertiary alicyclic amines) is 1. The average molecular weight is 380 g/mol. The van der Waals surface area contributed by atoms with Crippen molar-refractivity contribution in [1.29, 1.82) is 0 Å².